The fourth-order valence-electron chi connectivity index (χ4n) is 9.29. The van der Waals surface area contributed by atoms with Crippen molar-refractivity contribution in [2.24, 2.45) is 0 Å². The molecule has 4 heteroatoms. The average Bonchev–Trinajstić information content (AvgIpc) is 3.84. The molecule has 2 heterocycles. The molecule has 11 rings (SSSR count). The van der Waals surface area contributed by atoms with Crippen molar-refractivity contribution in [3.63, 3.8) is 0 Å². The van der Waals surface area contributed by atoms with E-state index in [1.807, 2.05) is 60.7 Å². The molecule has 0 spiro atoms. The number of benzene rings is 9. The first kappa shape index (κ1) is 34.8. The van der Waals surface area contributed by atoms with Crippen LogP contribution in [0.3, 0.4) is 0 Å². The van der Waals surface area contributed by atoms with Crippen molar-refractivity contribution >= 4 is 43.6 Å². The molecule has 278 valence electrons. The first-order chi connectivity index (χ1) is 29.7. The Morgan fingerprint density at radius 2 is 0.533 bits per heavy atom. The molecule has 2 aromatic heterocycles. The standard InChI is InChI=1S/C56H34N4/c57-35-47-48(36-58)54(38-17-5-2-6-18-38)56(40-29-33-42(34-30-40)60-51-25-13-9-21-45(51)46-22-10-14-26-52(46)60)55(53(47)37-15-3-1-4-16-37)39-27-31-41(32-28-39)59-49-23-11-7-19-43(49)44-20-8-12-24-50(44)59/h1-34H. The van der Waals surface area contributed by atoms with E-state index in [1.54, 1.807) is 0 Å². The summed E-state index contributed by atoms with van der Waals surface area (Å²) in [4.78, 5) is 0. The second kappa shape index (κ2) is 14.2. The summed E-state index contributed by atoms with van der Waals surface area (Å²) in [5.41, 5.74) is 14.2. The number of aromatic nitrogens is 2. The monoisotopic (exact) mass is 762 g/mol. The Bertz CT molecular complexity index is 3180. The summed E-state index contributed by atoms with van der Waals surface area (Å²) in [5.74, 6) is 0. The Morgan fingerprint density at radius 1 is 0.267 bits per heavy atom. The quantitative estimate of drug-likeness (QED) is 0.169. The fourth-order valence-corrected chi connectivity index (χ4v) is 9.29. The van der Waals surface area contributed by atoms with Gasteiger partial charge < -0.3 is 9.13 Å². The molecule has 0 fully saturated rings. The maximum absolute atomic E-state index is 11.1. The predicted octanol–water partition coefficient (Wildman–Crippen LogP) is 14.3. The summed E-state index contributed by atoms with van der Waals surface area (Å²) in [6.45, 7) is 0. The predicted molar refractivity (Wildman–Crippen MR) is 246 cm³/mol. The van der Waals surface area contributed by atoms with Gasteiger partial charge in [0, 0.05) is 44.0 Å². The highest BCUT2D eigenvalue weighted by Crippen LogP contribution is 2.50. The minimum Gasteiger partial charge on any atom is -0.309 e. The molecule has 0 aliphatic heterocycles. The van der Waals surface area contributed by atoms with Gasteiger partial charge in [-0.15, -0.1) is 0 Å². The molecular weight excluding hydrogens is 729 g/mol. The highest BCUT2D eigenvalue weighted by Gasteiger charge is 2.28. The van der Waals surface area contributed by atoms with Crippen molar-refractivity contribution < 1.29 is 0 Å². The van der Waals surface area contributed by atoms with Crippen LogP contribution < -0.4 is 0 Å². The van der Waals surface area contributed by atoms with Gasteiger partial charge in [-0.05, 0) is 81.9 Å². The maximum atomic E-state index is 11.1. The van der Waals surface area contributed by atoms with Crippen molar-refractivity contribution in [3.05, 3.63) is 217 Å². The Balaban J connectivity index is 1.20. The lowest BCUT2D eigenvalue weighted by Crippen LogP contribution is -2.03. The number of nitrogens with zero attached hydrogens (tertiary/aromatic N) is 4. The molecule has 0 unspecified atom stereocenters. The third-order valence-corrected chi connectivity index (χ3v) is 11.8. The highest BCUT2D eigenvalue weighted by molar-refractivity contribution is 6.11. The first-order valence-corrected chi connectivity index (χ1v) is 20.1. The van der Waals surface area contributed by atoms with Gasteiger partial charge in [-0.25, -0.2) is 0 Å². The number of para-hydroxylation sites is 4. The summed E-state index contributed by atoms with van der Waals surface area (Å²) < 4.78 is 4.63. The van der Waals surface area contributed by atoms with Crippen LogP contribution in [0.2, 0.25) is 0 Å². The molecule has 0 atom stereocenters. The summed E-state index contributed by atoms with van der Waals surface area (Å²) in [6.07, 6.45) is 0. The van der Waals surface area contributed by atoms with E-state index in [0.717, 1.165) is 77.9 Å². The van der Waals surface area contributed by atoms with E-state index >= 15 is 0 Å². The van der Waals surface area contributed by atoms with E-state index in [-0.39, 0.29) is 0 Å². The first-order valence-electron chi connectivity index (χ1n) is 20.1. The highest BCUT2D eigenvalue weighted by atomic mass is 15.0. The van der Waals surface area contributed by atoms with Crippen LogP contribution in [0.5, 0.6) is 0 Å². The largest absolute Gasteiger partial charge is 0.309 e. The molecule has 4 nitrogen and oxygen atoms in total. The van der Waals surface area contributed by atoms with Crippen LogP contribution in [0, 0.1) is 22.7 Å². The average molecular weight is 763 g/mol. The van der Waals surface area contributed by atoms with Crippen molar-refractivity contribution in [2.75, 3.05) is 0 Å². The van der Waals surface area contributed by atoms with Crippen LogP contribution in [-0.4, -0.2) is 9.13 Å². The minimum absolute atomic E-state index is 0.356. The van der Waals surface area contributed by atoms with Gasteiger partial charge in [0.2, 0.25) is 0 Å². The summed E-state index contributed by atoms with van der Waals surface area (Å²) in [7, 11) is 0. The fraction of sp³-hybridized carbons (Fsp3) is 0. The van der Waals surface area contributed by atoms with Crippen LogP contribution in [0.25, 0.3) is 99.5 Å². The zero-order chi connectivity index (χ0) is 40.2. The Morgan fingerprint density at radius 3 is 0.833 bits per heavy atom. The van der Waals surface area contributed by atoms with E-state index in [2.05, 4.69) is 167 Å². The summed E-state index contributed by atoms with van der Waals surface area (Å²) >= 11 is 0. The van der Waals surface area contributed by atoms with E-state index in [4.69, 9.17) is 0 Å². The van der Waals surface area contributed by atoms with Gasteiger partial charge in [0.1, 0.15) is 12.1 Å². The summed E-state index contributed by atoms with van der Waals surface area (Å²) in [6, 6.07) is 76.5. The van der Waals surface area contributed by atoms with Crippen LogP contribution in [-0.2, 0) is 0 Å². The smallest absolute Gasteiger partial charge is 0.101 e. The normalized spacial score (nSPS) is 11.3. The number of rotatable bonds is 6. The van der Waals surface area contributed by atoms with E-state index in [1.165, 1.54) is 21.5 Å². The van der Waals surface area contributed by atoms with Gasteiger partial charge in [-0.2, -0.15) is 10.5 Å². The lowest BCUT2D eigenvalue weighted by molar-refractivity contribution is 1.18. The minimum atomic E-state index is 0.356. The maximum Gasteiger partial charge on any atom is 0.101 e. The molecule has 9 aromatic carbocycles. The number of fused-ring (bicyclic) bond motifs is 6. The van der Waals surface area contributed by atoms with Gasteiger partial charge in [0.05, 0.1) is 33.2 Å². The third kappa shape index (κ3) is 5.37. The number of hydrogen-bond acceptors (Lipinski definition) is 2. The third-order valence-electron chi connectivity index (χ3n) is 11.8. The number of nitriles is 2. The Labute approximate surface area is 347 Å². The van der Waals surface area contributed by atoms with E-state index < -0.39 is 0 Å². The van der Waals surface area contributed by atoms with Crippen LogP contribution in [0.15, 0.2) is 206 Å². The van der Waals surface area contributed by atoms with Gasteiger partial charge in [-0.1, -0.05) is 158 Å². The topological polar surface area (TPSA) is 57.4 Å². The van der Waals surface area contributed by atoms with E-state index in [0.29, 0.717) is 11.1 Å². The van der Waals surface area contributed by atoms with Crippen LogP contribution in [0.4, 0.5) is 0 Å². The van der Waals surface area contributed by atoms with Crippen molar-refractivity contribution in [2.45, 2.75) is 0 Å². The molecule has 0 amide bonds. The number of hydrogen-bond donors (Lipinski definition) is 0. The second-order valence-corrected chi connectivity index (χ2v) is 15.0. The van der Waals surface area contributed by atoms with Gasteiger partial charge in [0.25, 0.3) is 0 Å². The lowest BCUT2D eigenvalue weighted by atomic mass is 9.77. The lowest BCUT2D eigenvalue weighted by Gasteiger charge is -2.24. The molecular formula is C56H34N4. The van der Waals surface area contributed by atoms with Gasteiger partial charge >= 0.3 is 0 Å². The zero-order valence-electron chi connectivity index (χ0n) is 32.4. The zero-order valence-corrected chi connectivity index (χ0v) is 32.4. The Kier molecular flexibility index (Phi) is 8.22. The second-order valence-electron chi connectivity index (χ2n) is 15.0. The van der Waals surface area contributed by atoms with Crippen molar-refractivity contribution in [1.29, 1.82) is 10.5 Å². The van der Waals surface area contributed by atoms with Gasteiger partial charge in [-0.3, -0.25) is 0 Å². The van der Waals surface area contributed by atoms with E-state index in [9.17, 15) is 10.5 Å². The van der Waals surface area contributed by atoms with Crippen LogP contribution in [0.1, 0.15) is 11.1 Å². The molecule has 0 aliphatic carbocycles. The van der Waals surface area contributed by atoms with Crippen molar-refractivity contribution in [1.82, 2.24) is 9.13 Å². The summed E-state index contributed by atoms with van der Waals surface area (Å²) in [5, 5.41) is 27.0. The molecule has 0 N–H and O–H groups in total. The van der Waals surface area contributed by atoms with Crippen molar-refractivity contribution in [3.8, 4) is 68.0 Å². The molecule has 0 bridgehead atoms. The molecule has 11 aromatic rings. The van der Waals surface area contributed by atoms with Crippen LogP contribution >= 0.6 is 0 Å². The Hall–Kier alpha value is -8.44. The molecule has 0 saturated heterocycles. The molecule has 0 saturated carbocycles. The van der Waals surface area contributed by atoms with Gasteiger partial charge in [0.15, 0.2) is 0 Å². The molecule has 0 aliphatic rings. The molecule has 60 heavy (non-hydrogen) atoms. The SMILES string of the molecule is N#Cc1c(C#N)c(-c2ccccc2)c(-c2ccc(-n3c4ccccc4c4ccccc43)cc2)c(-c2ccc(-n3c4ccccc4c4ccccc43)cc2)c1-c1ccccc1. The molecule has 0 radical (unpaired) electrons.